The average molecular weight is 440 g/mol. The van der Waals surface area contributed by atoms with Crippen LogP contribution in [0.25, 0.3) is 0 Å². The first-order valence-corrected chi connectivity index (χ1v) is 16.6. The minimum absolute atomic E-state index is 0. The van der Waals surface area contributed by atoms with Crippen LogP contribution in [0.3, 0.4) is 0 Å². The van der Waals surface area contributed by atoms with Crippen LogP contribution in [0.15, 0.2) is 77.1 Å². The Bertz CT molecular complexity index is 668. The van der Waals surface area contributed by atoms with Crippen molar-refractivity contribution < 1.29 is 21.7 Å². The average Bonchev–Trinajstić information content (AvgIpc) is 3.08. The zero-order chi connectivity index (χ0) is 20.5. The fraction of sp³-hybridized carbons (Fsp3) is 0.280. The van der Waals surface area contributed by atoms with E-state index in [4.69, 9.17) is 0 Å². The van der Waals surface area contributed by atoms with Crippen LogP contribution in [-0.4, -0.2) is 16.1 Å². The van der Waals surface area contributed by atoms with Crippen LogP contribution < -0.4 is 0 Å². The summed E-state index contributed by atoms with van der Waals surface area (Å²) >= 11 is 0. The van der Waals surface area contributed by atoms with Crippen molar-refractivity contribution in [2.45, 2.75) is 45.7 Å². The quantitative estimate of drug-likeness (QED) is 0.335. The minimum atomic E-state index is -1.13. The molecule has 2 aromatic rings. The molecule has 0 atom stereocenters. The zero-order valence-electron chi connectivity index (χ0n) is 18.5. The molecule has 0 aromatic heterocycles. The first kappa shape index (κ1) is 26.8. The molecule has 147 valence electrons. The monoisotopic (exact) mass is 439 g/mol. The molecule has 1 aliphatic rings. The Morgan fingerprint density at radius 2 is 1.07 bits per heavy atom. The van der Waals surface area contributed by atoms with Crippen LogP contribution in [0.5, 0.6) is 0 Å². The Balaban J connectivity index is 0.000000414. The van der Waals surface area contributed by atoms with Gasteiger partial charge in [0.25, 0.3) is 0 Å². The maximum absolute atomic E-state index is 3.72. The standard InChI is InChI=1S/C11H21Si2.2C7H7.Ti/c1-12(2,3)10-8-7-9-11(10)13(4,5)6;2*1-7-5-3-2-4-6-7;/h8H,7H2,1-6H3;2*2-6H,1H2;/q3*-1;+3. The molecule has 0 spiro atoms. The minimum Gasteiger partial charge on any atom is -0.273 e. The molecule has 3 rings (SSSR count). The molecule has 1 radical (unpaired) electrons. The van der Waals surface area contributed by atoms with Gasteiger partial charge in [0, 0.05) is 8.07 Å². The normalized spacial score (nSPS) is 12.9. The third-order valence-corrected chi connectivity index (χ3v) is 8.36. The van der Waals surface area contributed by atoms with Gasteiger partial charge in [-0.15, -0.1) is 30.7 Å². The molecule has 0 fully saturated rings. The van der Waals surface area contributed by atoms with E-state index in [2.05, 4.69) is 65.3 Å². The van der Waals surface area contributed by atoms with Crippen molar-refractivity contribution >= 4 is 16.1 Å². The topological polar surface area (TPSA) is 0 Å². The van der Waals surface area contributed by atoms with Gasteiger partial charge < -0.3 is 0 Å². The van der Waals surface area contributed by atoms with Crippen molar-refractivity contribution in [3.05, 3.63) is 108 Å². The van der Waals surface area contributed by atoms with E-state index in [-0.39, 0.29) is 21.7 Å². The SMILES string of the molecule is C[Si](C)(C)C1=[C-]CC=C1[Si](C)(C)C.[CH2-]c1ccccc1.[CH2-]c1ccccc1.[Ti+3]. The molecule has 28 heavy (non-hydrogen) atoms. The van der Waals surface area contributed by atoms with Gasteiger partial charge in [-0.05, 0) is 8.07 Å². The molecule has 0 amide bonds. The van der Waals surface area contributed by atoms with Crippen LogP contribution in [0.2, 0.25) is 39.3 Å². The summed E-state index contributed by atoms with van der Waals surface area (Å²) < 4.78 is 0. The first-order valence-electron chi connectivity index (χ1n) is 9.58. The number of hydrogen-bond donors (Lipinski definition) is 0. The maximum atomic E-state index is 3.72. The summed E-state index contributed by atoms with van der Waals surface area (Å²) in [6, 6.07) is 19.7. The second-order valence-electron chi connectivity index (χ2n) is 8.84. The number of allylic oxidation sites excluding steroid dienone is 4. The van der Waals surface area contributed by atoms with E-state index in [1.807, 2.05) is 60.7 Å². The van der Waals surface area contributed by atoms with E-state index < -0.39 is 16.1 Å². The first-order chi connectivity index (χ1) is 12.5. The van der Waals surface area contributed by atoms with E-state index in [9.17, 15) is 0 Å². The van der Waals surface area contributed by atoms with Crippen LogP contribution in [0.1, 0.15) is 17.5 Å². The van der Waals surface area contributed by atoms with Crippen molar-refractivity contribution in [3.8, 4) is 0 Å². The fourth-order valence-corrected chi connectivity index (χ4v) is 8.10. The summed E-state index contributed by atoms with van der Waals surface area (Å²) in [6.45, 7) is 22.0. The number of rotatable bonds is 2. The van der Waals surface area contributed by atoms with Gasteiger partial charge in [-0.2, -0.15) is 55.3 Å². The smallest absolute Gasteiger partial charge is 0.273 e. The summed E-state index contributed by atoms with van der Waals surface area (Å²) in [4.78, 5) is 0. The van der Waals surface area contributed by atoms with E-state index in [1.165, 1.54) is 0 Å². The number of benzene rings is 2. The van der Waals surface area contributed by atoms with Gasteiger partial charge in [0.05, 0.1) is 0 Å². The molecule has 2 aromatic carbocycles. The Labute approximate surface area is 191 Å². The van der Waals surface area contributed by atoms with Crippen molar-refractivity contribution in [1.29, 1.82) is 0 Å². The molecule has 0 saturated heterocycles. The van der Waals surface area contributed by atoms with Crippen molar-refractivity contribution in [2.24, 2.45) is 0 Å². The fourth-order valence-electron chi connectivity index (χ4n) is 2.76. The molecule has 0 heterocycles. The Kier molecular flexibility index (Phi) is 11.9. The second-order valence-corrected chi connectivity index (χ2v) is 18.9. The molecule has 0 aliphatic heterocycles. The molecular weight excluding hydrogens is 404 g/mol. The van der Waals surface area contributed by atoms with Gasteiger partial charge >= 0.3 is 21.7 Å². The Morgan fingerprint density at radius 1 is 0.679 bits per heavy atom. The van der Waals surface area contributed by atoms with Crippen molar-refractivity contribution in [1.82, 2.24) is 0 Å². The van der Waals surface area contributed by atoms with Crippen LogP contribution >= 0.6 is 0 Å². The zero-order valence-corrected chi connectivity index (χ0v) is 22.0. The van der Waals surface area contributed by atoms with Gasteiger partial charge in [-0.1, -0.05) is 51.4 Å². The maximum Gasteiger partial charge on any atom is 3.00 e. The van der Waals surface area contributed by atoms with Crippen LogP contribution in [-0.2, 0) is 21.7 Å². The predicted molar refractivity (Wildman–Crippen MR) is 128 cm³/mol. The molecule has 0 bridgehead atoms. The van der Waals surface area contributed by atoms with Gasteiger partial charge in [0.1, 0.15) is 0 Å². The van der Waals surface area contributed by atoms with E-state index in [0.29, 0.717) is 0 Å². The third kappa shape index (κ3) is 10.4. The summed E-state index contributed by atoms with van der Waals surface area (Å²) in [6.07, 6.45) is 7.06. The molecule has 0 nitrogen and oxygen atoms in total. The summed E-state index contributed by atoms with van der Waals surface area (Å²) in [5.74, 6) is 0. The molecule has 1 aliphatic carbocycles. The summed E-state index contributed by atoms with van der Waals surface area (Å²) in [7, 11) is -2.23. The molecule has 3 heteroatoms. The predicted octanol–water partition coefficient (Wildman–Crippen LogP) is 7.54. The second kappa shape index (κ2) is 12.4. The molecular formula is C25H35Si2Ti. The summed E-state index contributed by atoms with van der Waals surface area (Å²) in [5, 5.41) is 3.30. The largest absolute Gasteiger partial charge is 3.00 e. The molecule has 0 unspecified atom stereocenters. The van der Waals surface area contributed by atoms with E-state index in [0.717, 1.165) is 17.5 Å². The molecule has 0 saturated carbocycles. The van der Waals surface area contributed by atoms with Crippen molar-refractivity contribution in [3.63, 3.8) is 0 Å². The van der Waals surface area contributed by atoms with Crippen molar-refractivity contribution in [2.75, 3.05) is 0 Å². The van der Waals surface area contributed by atoms with Gasteiger partial charge in [-0.25, -0.2) is 10.4 Å². The van der Waals surface area contributed by atoms with Gasteiger partial charge in [0.2, 0.25) is 0 Å². The third-order valence-electron chi connectivity index (χ3n) is 4.10. The van der Waals surface area contributed by atoms with Crippen LogP contribution in [0.4, 0.5) is 0 Å². The summed E-state index contributed by atoms with van der Waals surface area (Å²) in [5.41, 5.74) is 2.14. The Morgan fingerprint density at radius 3 is 1.29 bits per heavy atom. The van der Waals surface area contributed by atoms with E-state index in [1.54, 1.807) is 10.4 Å². The Hall–Kier alpha value is -1.19. The molecule has 0 N–H and O–H groups in total. The van der Waals surface area contributed by atoms with E-state index >= 15 is 0 Å². The van der Waals surface area contributed by atoms with Crippen LogP contribution in [0, 0.1) is 19.9 Å². The number of hydrogen-bond acceptors (Lipinski definition) is 0. The van der Waals surface area contributed by atoms with Gasteiger partial charge in [-0.3, -0.25) is 6.08 Å². The van der Waals surface area contributed by atoms with Gasteiger partial charge in [0.15, 0.2) is 0 Å².